The van der Waals surface area contributed by atoms with Gasteiger partial charge in [0.25, 0.3) is 5.91 Å². The van der Waals surface area contributed by atoms with Crippen molar-refractivity contribution in [2.75, 3.05) is 58.4 Å². The van der Waals surface area contributed by atoms with E-state index in [9.17, 15) is 9.59 Å². The second-order valence-electron chi connectivity index (χ2n) is 8.46. The molecule has 2 aromatic carbocycles. The maximum Gasteiger partial charge on any atom is 0.254 e. The molecule has 0 aliphatic carbocycles. The lowest BCUT2D eigenvalue weighted by atomic mass is 9.94. The highest BCUT2D eigenvalue weighted by atomic mass is 35.5. The van der Waals surface area contributed by atoms with Gasteiger partial charge in [-0.25, -0.2) is 0 Å². The van der Waals surface area contributed by atoms with Crippen LogP contribution in [0.25, 0.3) is 0 Å². The molecule has 4 rings (SSSR count). The van der Waals surface area contributed by atoms with Crippen molar-refractivity contribution in [2.24, 2.45) is 5.92 Å². The fourth-order valence-corrected chi connectivity index (χ4v) is 4.74. The minimum Gasteiger partial charge on any atom is -0.497 e. The standard InChI is InChI=1S/C25H30ClN3O4/c1-32-22-14-19(15-23(17-22)33-2)25(31)28-8-6-18(7-9-28)24(30)29-12-10-27(11-13-29)21-5-3-4-20(26)16-21/h3-5,14-18H,6-13H2,1-2H3. The molecule has 0 saturated carbocycles. The van der Waals surface area contributed by atoms with Crippen LogP contribution in [0.3, 0.4) is 0 Å². The summed E-state index contributed by atoms with van der Waals surface area (Å²) in [6.45, 7) is 4.12. The molecule has 0 N–H and O–H groups in total. The molecule has 0 atom stereocenters. The Morgan fingerprint density at radius 2 is 1.48 bits per heavy atom. The highest BCUT2D eigenvalue weighted by molar-refractivity contribution is 6.30. The molecular weight excluding hydrogens is 442 g/mol. The lowest BCUT2D eigenvalue weighted by Crippen LogP contribution is -2.52. The van der Waals surface area contributed by atoms with Crippen molar-refractivity contribution in [3.8, 4) is 11.5 Å². The Labute approximate surface area is 199 Å². The fraction of sp³-hybridized carbons (Fsp3) is 0.440. The normalized spacial score (nSPS) is 17.1. The van der Waals surface area contributed by atoms with Gasteiger partial charge < -0.3 is 24.2 Å². The first kappa shape index (κ1) is 23.2. The van der Waals surface area contributed by atoms with Crippen LogP contribution in [0.15, 0.2) is 42.5 Å². The number of amides is 2. The summed E-state index contributed by atoms with van der Waals surface area (Å²) in [5.41, 5.74) is 1.63. The zero-order valence-corrected chi connectivity index (χ0v) is 19.9. The number of ether oxygens (including phenoxy) is 2. The molecule has 2 amide bonds. The number of benzene rings is 2. The summed E-state index contributed by atoms with van der Waals surface area (Å²) in [5.74, 6) is 1.27. The maximum atomic E-state index is 13.1. The van der Waals surface area contributed by atoms with Gasteiger partial charge in [0.15, 0.2) is 0 Å². The first-order valence-electron chi connectivity index (χ1n) is 11.3. The predicted octanol–water partition coefficient (Wildman–Crippen LogP) is 3.56. The van der Waals surface area contributed by atoms with E-state index in [1.54, 1.807) is 32.4 Å². The van der Waals surface area contributed by atoms with Crippen molar-refractivity contribution >= 4 is 29.1 Å². The van der Waals surface area contributed by atoms with E-state index >= 15 is 0 Å². The van der Waals surface area contributed by atoms with Crippen LogP contribution >= 0.6 is 11.6 Å². The lowest BCUT2D eigenvalue weighted by molar-refractivity contribution is -0.137. The second kappa shape index (κ2) is 10.3. The summed E-state index contributed by atoms with van der Waals surface area (Å²) in [5, 5.41) is 0.722. The number of nitrogens with zero attached hydrogens (tertiary/aromatic N) is 3. The largest absolute Gasteiger partial charge is 0.497 e. The summed E-state index contributed by atoms with van der Waals surface area (Å²) < 4.78 is 10.6. The van der Waals surface area contributed by atoms with Crippen LogP contribution in [0.1, 0.15) is 23.2 Å². The van der Waals surface area contributed by atoms with Gasteiger partial charge in [-0.3, -0.25) is 9.59 Å². The summed E-state index contributed by atoms with van der Waals surface area (Å²) >= 11 is 6.12. The number of hydrogen-bond acceptors (Lipinski definition) is 5. The molecule has 2 aliphatic heterocycles. The molecule has 2 aromatic rings. The number of likely N-dealkylation sites (tertiary alicyclic amines) is 1. The van der Waals surface area contributed by atoms with E-state index in [-0.39, 0.29) is 17.7 Å². The Bertz CT molecular complexity index is 977. The molecule has 2 aliphatic rings. The number of carbonyl (C=O) groups is 2. The van der Waals surface area contributed by atoms with Crippen molar-refractivity contribution in [3.63, 3.8) is 0 Å². The average molecular weight is 472 g/mol. The van der Waals surface area contributed by atoms with Crippen molar-refractivity contribution < 1.29 is 19.1 Å². The van der Waals surface area contributed by atoms with E-state index in [2.05, 4.69) is 4.90 Å². The quantitative estimate of drug-likeness (QED) is 0.667. The van der Waals surface area contributed by atoms with Gasteiger partial charge in [0, 0.05) is 67.5 Å². The van der Waals surface area contributed by atoms with E-state index in [1.165, 1.54) is 0 Å². The van der Waals surface area contributed by atoms with Gasteiger partial charge in [-0.1, -0.05) is 17.7 Å². The van der Waals surface area contributed by atoms with Gasteiger partial charge in [-0.2, -0.15) is 0 Å². The number of carbonyl (C=O) groups excluding carboxylic acids is 2. The highest BCUT2D eigenvalue weighted by Gasteiger charge is 2.32. The molecule has 0 aromatic heterocycles. The fourth-order valence-electron chi connectivity index (χ4n) is 4.56. The van der Waals surface area contributed by atoms with Crippen LogP contribution in [0.2, 0.25) is 5.02 Å². The third-order valence-electron chi connectivity index (χ3n) is 6.49. The van der Waals surface area contributed by atoms with Crippen LogP contribution in [0.5, 0.6) is 11.5 Å². The van der Waals surface area contributed by atoms with Gasteiger partial charge in [0.05, 0.1) is 14.2 Å². The minimum absolute atomic E-state index is 0.0355. The van der Waals surface area contributed by atoms with E-state index in [0.29, 0.717) is 56.1 Å². The van der Waals surface area contributed by atoms with Crippen LogP contribution < -0.4 is 14.4 Å². The smallest absolute Gasteiger partial charge is 0.254 e. The molecule has 33 heavy (non-hydrogen) atoms. The SMILES string of the molecule is COc1cc(OC)cc(C(=O)N2CCC(C(=O)N3CCN(c4cccc(Cl)c4)CC3)CC2)c1. The predicted molar refractivity (Wildman–Crippen MR) is 128 cm³/mol. The van der Waals surface area contributed by atoms with Gasteiger partial charge in [-0.15, -0.1) is 0 Å². The number of piperidine rings is 1. The first-order valence-corrected chi connectivity index (χ1v) is 11.7. The van der Waals surface area contributed by atoms with Gasteiger partial charge in [-0.05, 0) is 43.2 Å². The van der Waals surface area contributed by atoms with Gasteiger partial charge >= 0.3 is 0 Å². The average Bonchev–Trinajstić information content (AvgIpc) is 2.87. The van der Waals surface area contributed by atoms with Crippen molar-refractivity contribution in [3.05, 3.63) is 53.1 Å². The number of rotatable bonds is 5. The molecule has 176 valence electrons. The number of methoxy groups -OCH3 is 2. The Morgan fingerprint density at radius 1 is 0.848 bits per heavy atom. The number of piperazine rings is 1. The van der Waals surface area contributed by atoms with Gasteiger partial charge in [0.1, 0.15) is 11.5 Å². The summed E-state index contributed by atoms with van der Waals surface area (Å²) in [7, 11) is 3.13. The number of anilines is 1. The van der Waals surface area contributed by atoms with Crippen molar-refractivity contribution in [2.45, 2.75) is 12.8 Å². The van der Waals surface area contributed by atoms with Gasteiger partial charge in [0.2, 0.25) is 5.91 Å². The Morgan fingerprint density at radius 3 is 2.06 bits per heavy atom. The highest BCUT2D eigenvalue weighted by Crippen LogP contribution is 2.27. The Hall–Kier alpha value is -2.93. The molecule has 7 nitrogen and oxygen atoms in total. The molecule has 0 unspecified atom stereocenters. The molecule has 8 heteroatoms. The third kappa shape index (κ3) is 5.36. The zero-order valence-electron chi connectivity index (χ0n) is 19.1. The number of hydrogen-bond donors (Lipinski definition) is 0. The van der Waals surface area contributed by atoms with Crippen LogP contribution in [-0.4, -0.2) is 75.1 Å². The topological polar surface area (TPSA) is 62.3 Å². The summed E-state index contributed by atoms with van der Waals surface area (Å²) in [6, 6.07) is 13.0. The van der Waals surface area contributed by atoms with E-state index < -0.39 is 0 Å². The summed E-state index contributed by atoms with van der Waals surface area (Å²) in [4.78, 5) is 32.2. The molecular formula is C25H30ClN3O4. The zero-order chi connectivity index (χ0) is 23.4. The second-order valence-corrected chi connectivity index (χ2v) is 8.90. The Kier molecular flexibility index (Phi) is 7.28. The summed E-state index contributed by atoms with van der Waals surface area (Å²) in [6.07, 6.45) is 1.36. The monoisotopic (exact) mass is 471 g/mol. The molecule has 0 bridgehead atoms. The van der Waals surface area contributed by atoms with Crippen molar-refractivity contribution in [1.29, 1.82) is 0 Å². The molecule has 0 spiro atoms. The van der Waals surface area contributed by atoms with Crippen molar-refractivity contribution in [1.82, 2.24) is 9.80 Å². The number of halogens is 1. The van der Waals surface area contributed by atoms with Crippen LogP contribution in [-0.2, 0) is 4.79 Å². The first-order chi connectivity index (χ1) is 16.0. The van der Waals surface area contributed by atoms with Crippen LogP contribution in [0.4, 0.5) is 5.69 Å². The third-order valence-corrected chi connectivity index (χ3v) is 6.73. The van der Waals surface area contributed by atoms with E-state index in [0.717, 1.165) is 23.8 Å². The van der Waals surface area contributed by atoms with Crippen LogP contribution in [0, 0.1) is 5.92 Å². The molecule has 2 fully saturated rings. The lowest BCUT2D eigenvalue weighted by Gasteiger charge is -2.39. The molecule has 2 saturated heterocycles. The molecule has 2 heterocycles. The Balaban J connectivity index is 1.30. The van der Waals surface area contributed by atoms with E-state index in [1.807, 2.05) is 34.1 Å². The molecule has 0 radical (unpaired) electrons. The maximum absolute atomic E-state index is 13.1. The van der Waals surface area contributed by atoms with E-state index in [4.69, 9.17) is 21.1 Å². The minimum atomic E-state index is -0.0618.